The highest BCUT2D eigenvalue weighted by Gasteiger charge is 2.51. The Labute approximate surface area is 162 Å². The quantitative estimate of drug-likeness (QED) is 0.684. The van der Waals surface area contributed by atoms with E-state index in [1.54, 1.807) is 14.2 Å². The van der Waals surface area contributed by atoms with Gasteiger partial charge in [-0.2, -0.15) is 0 Å². The van der Waals surface area contributed by atoms with E-state index in [4.69, 9.17) is 9.47 Å². The van der Waals surface area contributed by atoms with Crippen molar-refractivity contribution >= 4 is 22.4 Å². The molecule has 5 nitrogen and oxygen atoms in total. The largest absolute Gasteiger partial charge is 0.497 e. The fraction of sp³-hybridized carbons (Fsp3) is 0.238. The number of carbonyl (C=O) groups excluding carboxylic acids is 1. The van der Waals surface area contributed by atoms with Crippen molar-refractivity contribution in [2.45, 2.75) is 18.3 Å². The van der Waals surface area contributed by atoms with Crippen LogP contribution in [0.5, 0.6) is 11.5 Å². The van der Waals surface area contributed by atoms with Gasteiger partial charge in [0, 0.05) is 10.9 Å². The van der Waals surface area contributed by atoms with Crippen LogP contribution in [0.15, 0.2) is 53.9 Å². The van der Waals surface area contributed by atoms with Gasteiger partial charge in [0.25, 0.3) is 0 Å². The molecular formula is C21H20N2O3S. The third-order valence-corrected chi connectivity index (χ3v) is 5.70. The van der Waals surface area contributed by atoms with Crippen molar-refractivity contribution in [3.8, 4) is 22.8 Å². The Hall–Kier alpha value is -2.86. The normalized spacial score (nSPS) is 14.4. The van der Waals surface area contributed by atoms with Crippen LogP contribution in [0, 0.1) is 0 Å². The summed E-state index contributed by atoms with van der Waals surface area (Å²) in [4.78, 5) is 17.5. The Kier molecular flexibility index (Phi) is 4.58. The first-order valence-electron chi connectivity index (χ1n) is 8.70. The van der Waals surface area contributed by atoms with Gasteiger partial charge in [-0.25, -0.2) is 4.98 Å². The summed E-state index contributed by atoms with van der Waals surface area (Å²) in [6, 6.07) is 15.4. The molecule has 0 spiro atoms. The Balaban J connectivity index is 1.49. The van der Waals surface area contributed by atoms with Gasteiger partial charge in [-0.05, 0) is 54.8 Å². The van der Waals surface area contributed by atoms with Gasteiger partial charge in [0.1, 0.15) is 11.5 Å². The fourth-order valence-corrected chi connectivity index (χ4v) is 3.84. The highest BCUT2D eigenvalue weighted by molar-refractivity contribution is 7.14. The number of thiazole rings is 1. The summed E-state index contributed by atoms with van der Waals surface area (Å²) in [5.74, 6) is 1.60. The van der Waals surface area contributed by atoms with Crippen molar-refractivity contribution in [3.63, 3.8) is 0 Å². The number of ether oxygens (including phenoxy) is 2. The molecule has 1 aliphatic carbocycles. The maximum absolute atomic E-state index is 12.9. The van der Waals surface area contributed by atoms with E-state index in [1.165, 1.54) is 11.3 Å². The van der Waals surface area contributed by atoms with Crippen LogP contribution in [-0.4, -0.2) is 25.1 Å². The van der Waals surface area contributed by atoms with Crippen molar-refractivity contribution in [1.82, 2.24) is 4.98 Å². The number of benzene rings is 2. The molecule has 0 aliphatic heterocycles. The summed E-state index contributed by atoms with van der Waals surface area (Å²) in [6.45, 7) is 0. The average molecular weight is 380 g/mol. The van der Waals surface area contributed by atoms with Crippen LogP contribution in [0.3, 0.4) is 0 Å². The first-order valence-corrected chi connectivity index (χ1v) is 9.58. The molecule has 138 valence electrons. The molecule has 3 aromatic rings. The van der Waals surface area contributed by atoms with Gasteiger partial charge < -0.3 is 14.8 Å². The molecule has 1 N–H and O–H groups in total. The van der Waals surface area contributed by atoms with Crippen LogP contribution in [0.4, 0.5) is 5.13 Å². The molecular weight excluding hydrogens is 360 g/mol. The van der Waals surface area contributed by atoms with E-state index in [2.05, 4.69) is 10.3 Å². The second-order valence-corrected chi connectivity index (χ2v) is 7.39. The molecule has 6 heteroatoms. The Morgan fingerprint density at radius 1 is 1.00 bits per heavy atom. The van der Waals surface area contributed by atoms with Gasteiger partial charge in [0.15, 0.2) is 5.13 Å². The zero-order valence-electron chi connectivity index (χ0n) is 15.2. The zero-order valence-corrected chi connectivity index (χ0v) is 16.0. The van der Waals surface area contributed by atoms with Gasteiger partial charge in [-0.3, -0.25) is 4.79 Å². The zero-order chi connectivity index (χ0) is 18.9. The molecule has 0 atom stereocenters. The molecule has 1 fully saturated rings. The molecule has 0 radical (unpaired) electrons. The van der Waals surface area contributed by atoms with E-state index in [9.17, 15) is 4.79 Å². The number of nitrogens with zero attached hydrogens (tertiary/aromatic N) is 1. The summed E-state index contributed by atoms with van der Waals surface area (Å²) in [7, 11) is 3.28. The number of rotatable bonds is 6. The minimum absolute atomic E-state index is 0.00305. The maximum atomic E-state index is 12.9. The van der Waals surface area contributed by atoms with Crippen molar-refractivity contribution < 1.29 is 14.3 Å². The monoisotopic (exact) mass is 380 g/mol. The molecule has 27 heavy (non-hydrogen) atoms. The third-order valence-electron chi connectivity index (χ3n) is 4.94. The van der Waals surface area contributed by atoms with Crippen LogP contribution in [-0.2, 0) is 10.2 Å². The van der Waals surface area contributed by atoms with Crippen molar-refractivity contribution in [2.24, 2.45) is 0 Å². The lowest BCUT2D eigenvalue weighted by Gasteiger charge is -2.15. The Bertz CT molecular complexity index is 944. The summed E-state index contributed by atoms with van der Waals surface area (Å²) < 4.78 is 10.4. The first-order chi connectivity index (χ1) is 13.1. The van der Waals surface area contributed by atoms with Crippen LogP contribution in [0.25, 0.3) is 11.3 Å². The van der Waals surface area contributed by atoms with Gasteiger partial charge >= 0.3 is 0 Å². The van der Waals surface area contributed by atoms with E-state index >= 15 is 0 Å². The smallest absolute Gasteiger partial charge is 0.236 e. The van der Waals surface area contributed by atoms with Crippen LogP contribution in [0.2, 0.25) is 0 Å². The number of carbonyl (C=O) groups is 1. The lowest BCUT2D eigenvalue weighted by molar-refractivity contribution is -0.118. The minimum atomic E-state index is -0.446. The number of amides is 1. The van der Waals surface area contributed by atoms with Crippen molar-refractivity contribution in [2.75, 3.05) is 19.5 Å². The summed E-state index contributed by atoms with van der Waals surface area (Å²) >= 11 is 1.43. The second kappa shape index (κ2) is 7.04. The summed E-state index contributed by atoms with van der Waals surface area (Å²) in [6.07, 6.45) is 1.70. The molecule has 0 unspecified atom stereocenters. The number of hydrogen-bond donors (Lipinski definition) is 1. The minimum Gasteiger partial charge on any atom is -0.497 e. The van der Waals surface area contributed by atoms with E-state index in [0.717, 1.165) is 41.2 Å². The predicted molar refractivity (Wildman–Crippen MR) is 107 cm³/mol. The van der Waals surface area contributed by atoms with Crippen molar-refractivity contribution in [3.05, 3.63) is 59.5 Å². The number of nitrogens with one attached hydrogen (secondary N) is 1. The fourth-order valence-electron chi connectivity index (χ4n) is 3.12. The first kappa shape index (κ1) is 17.5. The van der Waals surface area contributed by atoms with Gasteiger partial charge in [-0.15, -0.1) is 11.3 Å². The predicted octanol–water partition coefficient (Wildman–Crippen LogP) is 4.50. The second-order valence-electron chi connectivity index (χ2n) is 6.53. The third kappa shape index (κ3) is 3.40. The molecule has 1 saturated carbocycles. The maximum Gasteiger partial charge on any atom is 0.236 e. The van der Waals surface area contributed by atoms with E-state index in [1.807, 2.05) is 53.9 Å². The SMILES string of the molecule is COc1ccc(-c2csc(NC(=O)C3(c4ccc(OC)cc4)CC3)n2)cc1. The lowest BCUT2D eigenvalue weighted by atomic mass is 9.95. The van der Waals surface area contributed by atoms with Gasteiger partial charge in [0.2, 0.25) is 5.91 Å². The highest BCUT2D eigenvalue weighted by Crippen LogP contribution is 2.49. The highest BCUT2D eigenvalue weighted by atomic mass is 32.1. The lowest BCUT2D eigenvalue weighted by Crippen LogP contribution is -2.27. The summed E-state index contributed by atoms with van der Waals surface area (Å²) in [5, 5.41) is 5.56. The molecule has 4 rings (SSSR count). The standard InChI is InChI=1S/C21H20N2O3S/c1-25-16-7-3-14(4-8-16)18-13-27-20(22-18)23-19(24)21(11-12-21)15-5-9-17(26-2)10-6-15/h3-10,13H,11-12H2,1-2H3,(H,22,23,24). The topological polar surface area (TPSA) is 60.5 Å². The molecule has 1 aromatic heterocycles. The number of anilines is 1. The summed E-state index contributed by atoms with van der Waals surface area (Å²) in [5.41, 5.74) is 2.40. The van der Waals surface area contributed by atoms with E-state index in [-0.39, 0.29) is 5.91 Å². The molecule has 1 aliphatic rings. The van der Waals surface area contributed by atoms with Crippen LogP contribution in [0.1, 0.15) is 18.4 Å². The Morgan fingerprint density at radius 3 is 2.15 bits per heavy atom. The van der Waals surface area contributed by atoms with Crippen molar-refractivity contribution in [1.29, 1.82) is 0 Å². The van der Waals surface area contributed by atoms with E-state index < -0.39 is 5.41 Å². The number of aromatic nitrogens is 1. The number of hydrogen-bond acceptors (Lipinski definition) is 5. The molecule has 2 aromatic carbocycles. The Morgan fingerprint density at radius 2 is 1.59 bits per heavy atom. The van der Waals surface area contributed by atoms with E-state index in [0.29, 0.717) is 5.13 Å². The van der Waals surface area contributed by atoms with Gasteiger partial charge in [0.05, 0.1) is 25.3 Å². The molecule has 0 bridgehead atoms. The number of methoxy groups -OCH3 is 2. The molecule has 1 amide bonds. The molecule has 0 saturated heterocycles. The molecule has 1 heterocycles. The average Bonchev–Trinajstić information content (AvgIpc) is 3.41. The van der Waals surface area contributed by atoms with Crippen LogP contribution < -0.4 is 14.8 Å². The van der Waals surface area contributed by atoms with Crippen LogP contribution >= 0.6 is 11.3 Å². The van der Waals surface area contributed by atoms with Gasteiger partial charge in [-0.1, -0.05) is 12.1 Å².